The van der Waals surface area contributed by atoms with Gasteiger partial charge in [-0.1, -0.05) is 13.0 Å². The molecule has 6 nitrogen and oxygen atoms in total. The fraction of sp³-hybridized carbons (Fsp3) is 0.250. The minimum atomic E-state index is -0.248. The van der Waals surface area contributed by atoms with Gasteiger partial charge in [0.15, 0.2) is 0 Å². The van der Waals surface area contributed by atoms with Crippen LogP contribution in [0, 0.1) is 0 Å². The molecule has 6 heteroatoms. The third-order valence-electron chi connectivity index (χ3n) is 4.45. The van der Waals surface area contributed by atoms with Crippen LogP contribution in [0.15, 0.2) is 42.5 Å². The van der Waals surface area contributed by atoms with Gasteiger partial charge < -0.3 is 15.5 Å². The normalized spacial score (nSPS) is 12.5. The first-order chi connectivity index (χ1) is 12.5. The fourth-order valence-electron chi connectivity index (χ4n) is 3.08. The number of carbonyl (C=O) groups is 3. The van der Waals surface area contributed by atoms with Crippen molar-refractivity contribution in [3.63, 3.8) is 0 Å². The van der Waals surface area contributed by atoms with Crippen LogP contribution in [0.25, 0.3) is 0 Å². The van der Waals surface area contributed by atoms with Crippen LogP contribution in [0.3, 0.4) is 0 Å². The van der Waals surface area contributed by atoms with Gasteiger partial charge in [-0.3, -0.25) is 14.4 Å². The number of nitrogens with one attached hydrogen (secondary N) is 2. The van der Waals surface area contributed by atoms with Crippen molar-refractivity contribution >= 4 is 29.1 Å². The van der Waals surface area contributed by atoms with Crippen LogP contribution in [0.4, 0.5) is 11.4 Å². The maximum atomic E-state index is 12.5. The van der Waals surface area contributed by atoms with Crippen LogP contribution in [-0.2, 0) is 11.2 Å². The van der Waals surface area contributed by atoms with E-state index < -0.39 is 0 Å². The zero-order valence-electron chi connectivity index (χ0n) is 14.8. The van der Waals surface area contributed by atoms with E-state index in [0.717, 1.165) is 17.7 Å². The number of nitrogens with zero attached hydrogens (tertiary/aromatic N) is 1. The van der Waals surface area contributed by atoms with E-state index in [4.69, 9.17) is 0 Å². The molecule has 0 atom stereocenters. The molecule has 0 saturated heterocycles. The van der Waals surface area contributed by atoms with E-state index in [1.54, 1.807) is 42.3 Å². The molecule has 2 N–H and O–H groups in total. The van der Waals surface area contributed by atoms with Crippen LogP contribution >= 0.6 is 0 Å². The molecule has 0 unspecified atom stereocenters. The molecule has 134 valence electrons. The van der Waals surface area contributed by atoms with Crippen molar-refractivity contribution in [1.29, 1.82) is 0 Å². The molecule has 26 heavy (non-hydrogen) atoms. The van der Waals surface area contributed by atoms with Crippen LogP contribution in [0.1, 0.15) is 39.6 Å². The Morgan fingerprint density at radius 1 is 1.04 bits per heavy atom. The van der Waals surface area contributed by atoms with E-state index in [0.29, 0.717) is 29.8 Å². The second kappa shape index (κ2) is 7.39. The Kier molecular flexibility index (Phi) is 5.02. The van der Waals surface area contributed by atoms with Gasteiger partial charge in [-0.2, -0.15) is 0 Å². The maximum absolute atomic E-state index is 12.5. The van der Waals surface area contributed by atoms with Crippen molar-refractivity contribution in [1.82, 2.24) is 5.32 Å². The molecular weight excluding hydrogens is 330 g/mol. The van der Waals surface area contributed by atoms with E-state index >= 15 is 0 Å². The van der Waals surface area contributed by atoms with Gasteiger partial charge in [0.2, 0.25) is 5.91 Å². The molecule has 0 saturated carbocycles. The standard InChI is InChI=1S/C20H21N3O3/c1-3-18(24)23-10-9-13-11-15(7-8-17(13)23)20(26)22-16-6-4-5-14(12-16)19(25)21-2/h4-8,11-12H,3,9-10H2,1-2H3,(H,21,25)(H,22,26). The molecule has 3 rings (SSSR count). The first-order valence-electron chi connectivity index (χ1n) is 8.60. The summed E-state index contributed by atoms with van der Waals surface area (Å²) < 4.78 is 0. The number of hydrogen-bond donors (Lipinski definition) is 2. The van der Waals surface area contributed by atoms with E-state index in [-0.39, 0.29) is 17.7 Å². The molecule has 1 aliphatic rings. The molecule has 2 aromatic carbocycles. The largest absolute Gasteiger partial charge is 0.355 e. The molecule has 0 aromatic heterocycles. The van der Waals surface area contributed by atoms with E-state index in [1.807, 2.05) is 19.1 Å². The van der Waals surface area contributed by atoms with Crippen LogP contribution in [-0.4, -0.2) is 31.3 Å². The number of anilines is 2. The summed E-state index contributed by atoms with van der Waals surface area (Å²) in [4.78, 5) is 38.0. The molecule has 3 amide bonds. The van der Waals surface area contributed by atoms with Crippen molar-refractivity contribution < 1.29 is 14.4 Å². The summed E-state index contributed by atoms with van der Waals surface area (Å²) in [7, 11) is 1.56. The lowest BCUT2D eigenvalue weighted by Crippen LogP contribution is -2.27. The maximum Gasteiger partial charge on any atom is 0.255 e. The molecule has 0 spiro atoms. The number of carbonyl (C=O) groups excluding carboxylic acids is 3. The Morgan fingerprint density at radius 2 is 1.81 bits per heavy atom. The lowest BCUT2D eigenvalue weighted by molar-refractivity contribution is -0.118. The van der Waals surface area contributed by atoms with Crippen LogP contribution in [0.5, 0.6) is 0 Å². The number of benzene rings is 2. The fourth-order valence-corrected chi connectivity index (χ4v) is 3.08. The summed E-state index contributed by atoms with van der Waals surface area (Å²) >= 11 is 0. The Morgan fingerprint density at radius 3 is 2.54 bits per heavy atom. The summed E-state index contributed by atoms with van der Waals surface area (Å²) in [6, 6.07) is 12.1. The van der Waals surface area contributed by atoms with Gasteiger partial charge >= 0.3 is 0 Å². The Bertz CT molecular complexity index is 876. The second-order valence-corrected chi connectivity index (χ2v) is 6.11. The highest BCUT2D eigenvalue weighted by Gasteiger charge is 2.24. The van der Waals surface area contributed by atoms with Crippen molar-refractivity contribution in [3.8, 4) is 0 Å². The zero-order valence-corrected chi connectivity index (χ0v) is 14.8. The van der Waals surface area contributed by atoms with Gasteiger partial charge in [0.1, 0.15) is 0 Å². The third-order valence-corrected chi connectivity index (χ3v) is 4.45. The molecule has 2 aromatic rings. The Labute approximate surface area is 152 Å². The minimum absolute atomic E-state index is 0.0898. The van der Waals surface area contributed by atoms with E-state index in [1.165, 1.54) is 0 Å². The Hall–Kier alpha value is -3.15. The van der Waals surface area contributed by atoms with E-state index in [9.17, 15) is 14.4 Å². The van der Waals surface area contributed by atoms with Crippen molar-refractivity contribution in [2.45, 2.75) is 19.8 Å². The number of fused-ring (bicyclic) bond motifs is 1. The van der Waals surface area contributed by atoms with Crippen LogP contribution in [0.2, 0.25) is 0 Å². The quantitative estimate of drug-likeness (QED) is 0.889. The Balaban J connectivity index is 1.78. The zero-order chi connectivity index (χ0) is 18.7. The van der Waals surface area contributed by atoms with Gasteiger partial charge in [0.05, 0.1) is 0 Å². The van der Waals surface area contributed by atoms with Crippen molar-refractivity contribution in [3.05, 3.63) is 59.2 Å². The molecule has 0 bridgehead atoms. The molecule has 1 aliphatic heterocycles. The molecule has 1 heterocycles. The summed E-state index contributed by atoms with van der Waals surface area (Å²) in [5.41, 5.74) is 3.45. The lowest BCUT2D eigenvalue weighted by Gasteiger charge is -2.16. The lowest BCUT2D eigenvalue weighted by atomic mass is 10.1. The van der Waals surface area contributed by atoms with Crippen molar-refractivity contribution in [2.75, 3.05) is 23.8 Å². The van der Waals surface area contributed by atoms with Crippen molar-refractivity contribution in [2.24, 2.45) is 0 Å². The molecule has 0 aliphatic carbocycles. The molecule has 0 radical (unpaired) electrons. The highest BCUT2D eigenvalue weighted by atomic mass is 16.2. The van der Waals surface area contributed by atoms with Gasteiger partial charge in [0.25, 0.3) is 11.8 Å². The third kappa shape index (κ3) is 3.44. The second-order valence-electron chi connectivity index (χ2n) is 6.11. The predicted octanol–water partition coefficient (Wildman–Crippen LogP) is 2.60. The number of amides is 3. The monoisotopic (exact) mass is 351 g/mol. The summed E-state index contributed by atoms with van der Waals surface area (Å²) in [5.74, 6) is -0.367. The SMILES string of the molecule is CCC(=O)N1CCc2cc(C(=O)Nc3cccc(C(=O)NC)c3)ccc21. The highest BCUT2D eigenvalue weighted by molar-refractivity contribution is 6.06. The highest BCUT2D eigenvalue weighted by Crippen LogP contribution is 2.29. The summed E-state index contributed by atoms with van der Waals surface area (Å²) in [6.07, 6.45) is 1.21. The van der Waals surface area contributed by atoms with Gasteiger partial charge in [-0.05, 0) is 48.4 Å². The first kappa shape index (κ1) is 17.7. The number of hydrogen-bond acceptors (Lipinski definition) is 3. The first-order valence-corrected chi connectivity index (χ1v) is 8.60. The van der Waals surface area contributed by atoms with Crippen LogP contribution < -0.4 is 15.5 Å². The average Bonchev–Trinajstić information content (AvgIpc) is 3.10. The minimum Gasteiger partial charge on any atom is -0.355 e. The van der Waals surface area contributed by atoms with Gasteiger partial charge in [-0.15, -0.1) is 0 Å². The average molecular weight is 351 g/mol. The predicted molar refractivity (Wildman–Crippen MR) is 101 cm³/mol. The summed E-state index contributed by atoms with van der Waals surface area (Å²) in [6.45, 7) is 2.50. The number of rotatable bonds is 4. The molecule has 0 fully saturated rings. The van der Waals surface area contributed by atoms with Gasteiger partial charge in [-0.25, -0.2) is 0 Å². The smallest absolute Gasteiger partial charge is 0.255 e. The molecular formula is C20H21N3O3. The topological polar surface area (TPSA) is 78.5 Å². The van der Waals surface area contributed by atoms with Gasteiger partial charge in [0, 0.05) is 42.5 Å². The summed E-state index contributed by atoms with van der Waals surface area (Å²) in [5, 5.41) is 5.37. The van der Waals surface area contributed by atoms with E-state index in [2.05, 4.69) is 10.6 Å².